The molecule has 1 aliphatic heterocycles. The van der Waals surface area contributed by atoms with E-state index < -0.39 is 11.7 Å². The van der Waals surface area contributed by atoms with Crippen LogP contribution in [-0.2, 0) is 0 Å². The molecule has 152 valence electrons. The molecule has 1 fully saturated rings. The van der Waals surface area contributed by atoms with Gasteiger partial charge in [-0.2, -0.15) is 20.0 Å². The Labute approximate surface area is 170 Å². The number of fused-ring (bicyclic) bond motifs is 1. The van der Waals surface area contributed by atoms with Gasteiger partial charge in [-0.1, -0.05) is 18.2 Å². The maximum absolute atomic E-state index is 14.6. The number of piperidine rings is 1. The van der Waals surface area contributed by atoms with Gasteiger partial charge in [0.15, 0.2) is 5.58 Å². The number of halogens is 1. The molecule has 0 spiro atoms. The summed E-state index contributed by atoms with van der Waals surface area (Å²) in [4.78, 5) is 20.4. The summed E-state index contributed by atoms with van der Waals surface area (Å²) in [5.74, 6) is -1.04. The highest BCUT2D eigenvalue weighted by atomic mass is 19.1. The maximum Gasteiger partial charge on any atom is 0.394 e. The number of hydrogen-bond donors (Lipinski definition) is 0. The van der Waals surface area contributed by atoms with E-state index >= 15 is 0 Å². The minimum Gasteiger partial charge on any atom is -0.445 e. The van der Waals surface area contributed by atoms with E-state index in [1.807, 2.05) is 24.3 Å². The predicted molar refractivity (Wildman–Crippen MR) is 105 cm³/mol. The highest BCUT2D eigenvalue weighted by Gasteiger charge is 2.30. The van der Waals surface area contributed by atoms with Crippen LogP contribution in [0, 0.1) is 5.82 Å². The van der Waals surface area contributed by atoms with Gasteiger partial charge in [0.25, 0.3) is 5.91 Å². The molecule has 1 saturated heterocycles. The van der Waals surface area contributed by atoms with Gasteiger partial charge in [0, 0.05) is 6.54 Å². The SMILES string of the molecule is O=C(c1c(F)cccc1-n1nccn1)N1CCC[C@@H](Oc2nc3ccccc3o2)C1. The summed E-state index contributed by atoms with van der Waals surface area (Å²) < 4.78 is 26.2. The Morgan fingerprint density at radius 1 is 1.13 bits per heavy atom. The minimum absolute atomic E-state index is 0.0591. The standard InChI is InChI=1S/C21H18FN5O3/c22-15-6-3-8-17(27-23-10-11-24-27)19(15)20(28)26-12-4-5-14(13-26)29-21-25-16-7-1-2-9-18(16)30-21/h1-3,6-11,14H,4-5,12-13H2/t14-/m1/s1. The van der Waals surface area contributed by atoms with Crippen molar-refractivity contribution in [3.05, 3.63) is 66.2 Å². The Balaban J connectivity index is 1.37. The van der Waals surface area contributed by atoms with Crippen LogP contribution in [0.2, 0.25) is 0 Å². The molecule has 9 heteroatoms. The zero-order valence-corrected chi connectivity index (χ0v) is 15.9. The lowest BCUT2D eigenvalue weighted by Gasteiger charge is -2.32. The molecule has 3 heterocycles. The van der Waals surface area contributed by atoms with Crippen LogP contribution in [0.25, 0.3) is 16.8 Å². The van der Waals surface area contributed by atoms with Crippen LogP contribution in [0.1, 0.15) is 23.2 Å². The Morgan fingerprint density at radius 3 is 2.80 bits per heavy atom. The number of carbonyl (C=O) groups excluding carboxylic acids is 1. The molecular weight excluding hydrogens is 389 g/mol. The molecule has 1 atom stereocenters. The van der Waals surface area contributed by atoms with Crippen LogP contribution in [0.15, 0.2) is 59.3 Å². The van der Waals surface area contributed by atoms with E-state index in [-0.39, 0.29) is 17.7 Å². The quantitative estimate of drug-likeness (QED) is 0.516. The third kappa shape index (κ3) is 3.38. The molecule has 2 aromatic heterocycles. The van der Waals surface area contributed by atoms with Gasteiger partial charge in [0.2, 0.25) is 0 Å². The zero-order valence-electron chi connectivity index (χ0n) is 15.9. The maximum atomic E-state index is 14.6. The Hall–Kier alpha value is -3.75. The lowest BCUT2D eigenvalue weighted by Crippen LogP contribution is -2.45. The highest BCUT2D eigenvalue weighted by molar-refractivity contribution is 5.98. The van der Waals surface area contributed by atoms with Crippen LogP contribution in [0.3, 0.4) is 0 Å². The van der Waals surface area contributed by atoms with Crippen molar-refractivity contribution >= 4 is 17.0 Å². The fraction of sp³-hybridized carbons (Fsp3) is 0.238. The number of nitrogens with zero attached hydrogens (tertiary/aromatic N) is 5. The van der Waals surface area contributed by atoms with Crippen molar-refractivity contribution in [2.45, 2.75) is 18.9 Å². The monoisotopic (exact) mass is 407 g/mol. The summed E-state index contributed by atoms with van der Waals surface area (Å²) in [6.07, 6.45) is 4.29. The number of aromatic nitrogens is 4. The predicted octanol–water partition coefficient (Wildman–Crippen LogP) is 3.23. The van der Waals surface area contributed by atoms with E-state index in [4.69, 9.17) is 9.15 Å². The Kier molecular flexibility index (Phi) is 4.62. The summed E-state index contributed by atoms with van der Waals surface area (Å²) in [7, 11) is 0. The molecule has 0 saturated carbocycles. The number of carbonyl (C=O) groups is 1. The molecule has 5 rings (SSSR count). The van der Waals surface area contributed by atoms with Gasteiger partial charge < -0.3 is 14.1 Å². The van der Waals surface area contributed by atoms with Gasteiger partial charge in [-0.05, 0) is 37.1 Å². The Morgan fingerprint density at radius 2 is 1.97 bits per heavy atom. The number of hydrogen-bond acceptors (Lipinski definition) is 6. The summed E-state index contributed by atoms with van der Waals surface area (Å²) in [5, 5.41) is 8.06. The van der Waals surface area contributed by atoms with Crippen molar-refractivity contribution in [3.63, 3.8) is 0 Å². The summed E-state index contributed by atoms with van der Waals surface area (Å²) in [5.41, 5.74) is 1.58. The molecule has 2 aromatic carbocycles. The second-order valence-corrected chi connectivity index (χ2v) is 7.03. The van der Waals surface area contributed by atoms with Gasteiger partial charge in [-0.3, -0.25) is 4.79 Å². The molecule has 0 unspecified atom stereocenters. The lowest BCUT2D eigenvalue weighted by atomic mass is 10.1. The third-order valence-corrected chi connectivity index (χ3v) is 5.05. The van der Waals surface area contributed by atoms with Crippen LogP contribution >= 0.6 is 0 Å². The summed E-state index contributed by atoms with van der Waals surface area (Å²) in [6, 6.07) is 11.8. The van der Waals surface area contributed by atoms with Crippen LogP contribution in [-0.4, -0.2) is 50.0 Å². The van der Waals surface area contributed by atoms with E-state index in [1.165, 1.54) is 29.3 Å². The van der Waals surface area contributed by atoms with Crippen LogP contribution in [0.5, 0.6) is 6.08 Å². The first-order valence-electron chi connectivity index (χ1n) is 9.66. The summed E-state index contributed by atoms with van der Waals surface area (Å²) in [6.45, 7) is 0.810. The topological polar surface area (TPSA) is 86.3 Å². The fourth-order valence-electron chi connectivity index (χ4n) is 3.65. The first-order valence-corrected chi connectivity index (χ1v) is 9.66. The molecule has 30 heavy (non-hydrogen) atoms. The fourth-order valence-corrected chi connectivity index (χ4v) is 3.65. The van der Waals surface area contributed by atoms with Gasteiger partial charge in [-0.15, -0.1) is 0 Å². The van der Waals surface area contributed by atoms with Gasteiger partial charge >= 0.3 is 6.08 Å². The van der Waals surface area contributed by atoms with Crippen molar-refractivity contribution in [3.8, 4) is 11.8 Å². The van der Waals surface area contributed by atoms with E-state index in [0.29, 0.717) is 29.9 Å². The van der Waals surface area contributed by atoms with E-state index in [0.717, 1.165) is 12.8 Å². The normalized spacial score (nSPS) is 16.7. The molecule has 4 aromatic rings. The molecule has 0 aliphatic carbocycles. The second-order valence-electron chi connectivity index (χ2n) is 7.03. The number of ether oxygens (including phenoxy) is 1. The first kappa shape index (κ1) is 18.3. The van der Waals surface area contributed by atoms with Crippen LogP contribution < -0.4 is 4.74 Å². The van der Waals surface area contributed by atoms with Crippen molar-refractivity contribution in [2.75, 3.05) is 13.1 Å². The number of benzene rings is 2. The number of rotatable bonds is 4. The number of oxazole rings is 1. The third-order valence-electron chi connectivity index (χ3n) is 5.05. The smallest absolute Gasteiger partial charge is 0.394 e. The van der Waals surface area contributed by atoms with Gasteiger partial charge in [0.05, 0.1) is 18.9 Å². The lowest BCUT2D eigenvalue weighted by molar-refractivity contribution is 0.0459. The highest BCUT2D eigenvalue weighted by Crippen LogP contribution is 2.25. The van der Waals surface area contributed by atoms with E-state index in [9.17, 15) is 9.18 Å². The molecular formula is C21H18FN5O3. The van der Waals surface area contributed by atoms with Crippen molar-refractivity contribution < 1.29 is 18.3 Å². The molecule has 0 radical (unpaired) electrons. The average molecular weight is 407 g/mol. The molecule has 1 aliphatic rings. The number of likely N-dealkylation sites (tertiary alicyclic amines) is 1. The minimum atomic E-state index is -0.614. The van der Waals surface area contributed by atoms with Gasteiger partial charge in [-0.25, -0.2) is 4.39 Å². The van der Waals surface area contributed by atoms with Crippen LogP contribution in [0.4, 0.5) is 4.39 Å². The van der Waals surface area contributed by atoms with Crippen molar-refractivity contribution in [1.29, 1.82) is 0 Å². The molecule has 0 N–H and O–H groups in total. The zero-order chi connectivity index (χ0) is 20.5. The Bertz CT molecular complexity index is 1160. The summed E-state index contributed by atoms with van der Waals surface area (Å²) >= 11 is 0. The molecule has 8 nitrogen and oxygen atoms in total. The van der Waals surface area contributed by atoms with E-state index in [1.54, 1.807) is 11.0 Å². The first-order chi connectivity index (χ1) is 14.7. The second kappa shape index (κ2) is 7.58. The number of amides is 1. The van der Waals surface area contributed by atoms with Crippen molar-refractivity contribution in [2.24, 2.45) is 0 Å². The molecule has 1 amide bonds. The van der Waals surface area contributed by atoms with E-state index in [2.05, 4.69) is 15.2 Å². The molecule has 0 bridgehead atoms. The average Bonchev–Trinajstić information content (AvgIpc) is 3.43. The van der Waals surface area contributed by atoms with Crippen molar-refractivity contribution in [1.82, 2.24) is 24.9 Å². The number of para-hydroxylation sites is 2. The van der Waals surface area contributed by atoms with Gasteiger partial charge in [0.1, 0.15) is 28.7 Å². The largest absolute Gasteiger partial charge is 0.445 e.